The molecule has 1 aliphatic carbocycles. The molecule has 0 amide bonds. The summed E-state index contributed by atoms with van der Waals surface area (Å²) in [5.74, 6) is 0.931. The van der Waals surface area contributed by atoms with Gasteiger partial charge in [0.15, 0.2) is 4.67 Å². The molecule has 1 heterocycles. The third-order valence-electron chi connectivity index (χ3n) is 3.68. The maximum atomic E-state index is 9.57. The molecule has 0 aromatic carbocycles. The predicted octanol–water partition coefficient (Wildman–Crippen LogP) is 3.07. The minimum absolute atomic E-state index is 0.0993. The van der Waals surface area contributed by atoms with Gasteiger partial charge in [0, 0.05) is 18.6 Å². The molecule has 1 fully saturated rings. The van der Waals surface area contributed by atoms with Gasteiger partial charge >= 0.3 is 0 Å². The van der Waals surface area contributed by atoms with Gasteiger partial charge in [0.1, 0.15) is 5.76 Å². The summed E-state index contributed by atoms with van der Waals surface area (Å²) in [5, 5.41) is 13.0. The maximum Gasteiger partial charge on any atom is 0.169 e. The van der Waals surface area contributed by atoms with Gasteiger partial charge in [-0.3, -0.25) is 0 Å². The van der Waals surface area contributed by atoms with Crippen LogP contribution in [0.15, 0.2) is 21.2 Å². The average Bonchev–Trinajstić information content (AvgIpc) is 2.76. The first-order chi connectivity index (χ1) is 8.24. The highest BCUT2D eigenvalue weighted by atomic mass is 79.9. The van der Waals surface area contributed by atoms with Crippen molar-refractivity contribution < 1.29 is 9.52 Å². The van der Waals surface area contributed by atoms with Crippen molar-refractivity contribution in [2.75, 3.05) is 13.2 Å². The van der Waals surface area contributed by atoms with E-state index in [2.05, 4.69) is 21.2 Å². The Morgan fingerprint density at radius 3 is 2.65 bits per heavy atom. The van der Waals surface area contributed by atoms with Crippen molar-refractivity contribution in [3.8, 4) is 0 Å². The molecule has 0 aliphatic heterocycles. The van der Waals surface area contributed by atoms with Crippen LogP contribution in [0.2, 0.25) is 0 Å². The zero-order valence-electron chi connectivity index (χ0n) is 10.0. The van der Waals surface area contributed by atoms with Crippen LogP contribution in [0.1, 0.15) is 37.9 Å². The van der Waals surface area contributed by atoms with Gasteiger partial charge in [0.05, 0.1) is 6.54 Å². The fourth-order valence-corrected chi connectivity index (χ4v) is 2.93. The number of hydrogen-bond acceptors (Lipinski definition) is 3. The van der Waals surface area contributed by atoms with Crippen LogP contribution < -0.4 is 5.32 Å². The summed E-state index contributed by atoms with van der Waals surface area (Å²) >= 11 is 3.29. The second-order valence-electron chi connectivity index (χ2n) is 5.03. The van der Waals surface area contributed by atoms with Crippen LogP contribution in [0.4, 0.5) is 0 Å². The second kappa shape index (κ2) is 6.03. The lowest BCUT2D eigenvalue weighted by molar-refractivity contribution is 0.0805. The van der Waals surface area contributed by atoms with Gasteiger partial charge in [-0.1, -0.05) is 19.3 Å². The summed E-state index contributed by atoms with van der Waals surface area (Å²) in [6.45, 7) is 1.90. The van der Waals surface area contributed by atoms with Crippen LogP contribution in [0, 0.1) is 5.41 Å². The zero-order chi connectivity index (χ0) is 12.1. The standard InChI is InChI=1S/C13H20BrNO2/c14-12-5-4-11(17-12)8-15-9-13(10-16)6-2-1-3-7-13/h4-5,15-16H,1-3,6-10H2. The highest BCUT2D eigenvalue weighted by Crippen LogP contribution is 2.35. The number of furan rings is 1. The van der Waals surface area contributed by atoms with Crippen molar-refractivity contribution in [3.05, 3.63) is 22.6 Å². The molecule has 1 aromatic rings. The smallest absolute Gasteiger partial charge is 0.169 e. The first-order valence-electron chi connectivity index (χ1n) is 6.30. The molecule has 0 spiro atoms. The molecule has 1 aromatic heterocycles. The Hall–Kier alpha value is -0.320. The van der Waals surface area contributed by atoms with Crippen LogP contribution in [-0.2, 0) is 6.54 Å². The van der Waals surface area contributed by atoms with Crippen molar-refractivity contribution in [3.63, 3.8) is 0 Å². The summed E-state index contributed by atoms with van der Waals surface area (Å²) < 4.78 is 6.20. The SMILES string of the molecule is OCC1(CNCc2ccc(Br)o2)CCCCC1. The highest BCUT2D eigenvalue weighted by molar-refractivity contribution is 9.10. The molecule has 17 heavy (non-hydrogen) atoms. The van der Waals surface area contributed by atoms with Crippen LogP contribution in [0.5, 0.6) is 0 Å². The summed E-state index contributed by atoms with van der Waals surface area (Å²) in [7, 11) is 0. The number of rotatable bonds is 5. The molecule has 1 saturated carbocycles. The molecular weight excluding hydrogens is 282 g/mol. The predicted molar refractivity (Wildman–Crippen MR) is 70.7 cm³/mol. The summed E-state index contributed by atoms with van der Waals surface area (Å²) in [6, 6.07) is 3.86. The van der Waals surface area contributed by atoms with E-state index in [0.717, 1.165) is 36.4 Å². The van der Waals surface area contributed by atoms with Gasteiger partial charge in [-0.2, -0.15) is 0 Å². The lowest BCUT2D eigenvalue weighted by Gasteiger charge is -2.35. The van der Waals surface area contributed by atoms with E-state index >= 15 is 0 Å². The molecule has 4 heteroatoms. The minimum atomic E-state index is 0.0993. The van der Waals surface area contributed by atoms with E-state index in [4.69, 9.17) is 4.42 Å². The van der Waals surface area contributed by atoms with Gasteiger partial charge in [-0.15, -0.1) is 0 Å². The van der Waals surface area contributed by atoms with E-state index in [0.29, 0.717) is 6.61 Å². The Bertz CT molecular complexity index is 345. The fourth-order valence-electron chi connectivity index (χ4n) is 2.59. The molecular formula is C13H20BrNO2. The number of halogens is 1. The van der Waals surface area contributed by atoms with Crippen LogP contribution in [-0.4, -0.2) is 18.3 Å². The molecule has 0 radical (unpaired) electrons. The van der Waals surface area contributed by atoms with Crippen LogP contribution >= 0.6 is 15.9 Å². The number of nitrogens with one attached hydrogen (secondary N) is 1. The Morgan fingerprint density at radius 2 is 2.06 bits per heavy atom. The Morgan fingerprint density at radius 1 is 1.29 bits per heavy atom. The van der Waals surface area contributed by atoms with Crippen molar-refractivity contribution in [2.24, 2.45) is 5.41 Å². The molecule has 1 aliphatic rings. The second-order valence-corrected chi connectivity index (χ2v) is 5.81. The molecule has 2 N–H and O–H groups in total. The molecule has 0 bridgehead atoms. The third-order valence-corrected chi connectivity index (χ3v) is 4.10. The first-order valence-corrected chi connectivity index (χ1v) is 7.09. The third kappa shape index (κ3) is 3.57. The van der Waals surface area contributed by atoms with E-state index in [9.17, 15) is 5.11 Å². The molecule has 0 atom stereocenters. The van der Waals surface area contributed by atoms with Crippen molar-refractivity contribution >= 4 is 15.9 Å². The van der Waals surface area contributed by atoms with Gasteiger partial charge < -0.3 is 14.8 Å². The first kappa shape index (κ1) is 13.1. The number of aliphatic hydroxyl groups is 1. The highest BCUT2D eigenvalue weighted by Gasteiger charge is 2.30. The Labute approximate surface area is 111 Å². The monoisotopic (exact) mass is 301 g/mol. The van der Waals surface area contributed by atoms with E-state index < -0.39 is 0 Å². The lowest BCUT2D eigenvalue weighted by Crippen LogP contribution is -2.38. The maximum absolute atomic E-state index is 9.57. The quantitative estimate of drug-likeness (QED) is 0.878. The Kier molecular flexibility index (Phi) is 4.65. The van der Waals surface area contributed by atoms with Gasteiger partial charge in [0.2, 0.25) is 0 Å². The summed E-state index contributed by atoms with van der Waals surface area (Å²) in [6.07, 6.45) is 6.08. The van der Waals surface area contributed by atoms with E-state index in [1.807, 2.05) is 12.1 Å². The number of aliphatic hydroxyl groups excluding tert-OH is 1. The van der Waals surface area contributed by atoms with Crippen LogP contribution in [0.3, 0.4) is 0 Å². The number of hydrogen-bond donors (Lipinski definition) is 2. The topological polar surface area (TPSA) is 45.4 Å². The minimum Gasteiger partial charge on any atom is -0.453 e. The molecule has 3 nitrogen and oxygen atoms in total. The molecule has 0 saturated heterocycles. The van der Waals surface area contributed by atoms with Crippen molar-refractivity contribution in [1.82, 2.24) is 5.32 Å². The van der Waals surface area contributed by atoms with Crippen LogP contribution in [0.25, 0.3) is 0 Å². The van der Waals surface area contributed by atoms with E-state index in [1.165, 1.54) is 19.3 Å². The average molecular weight is 302 g/mol. The van der Waals surface area contributed by atoms with Crippen molar-refractivity contribution in [2.45, 2.75) is 38.6 Å². The molecule has 0 unspecified atom stereocenters. The fraction of sp³-hybridized carbons (Fsp3) is 0.692. The summed E-state index contributed by atoms with van der Waals surface area (Å²) in [5.41, 5.74) is 0.0993. The summed E-state index contributed by atoms with van der Waals surface area (Å²) in [4.78, 5) is 0. The van der Waals surface area contributed by atoms with Gasteiger partial charge in [-0.25, -0.2) is 0 Å². The van der Waals surface area contributed by atoms with Gasteiger partial charge in [-0.05, 0) is 40.9 Å². The molecule has 96 valence electrons. The lowest BCUT2D eigenvalue weighted by atomic mass is 9.74. The largest absolute Gasteiger partial charge is 0.453 e. The van der Waals surface area contributed by atoms with E-state index in [1.54, 1.807) is 0 Å². The van der Waals surface area contributed by atoms with Crippen molar-refractivity contribution in [1.29, 1.82) is 0 Å². The zero-order valence-corrected chi connectivity index (χ0v) is 11.6. The van der Waals surface area contributed by atoms with E-state index in [-0.39, 0.29) is 5.41 Å². The Balaban J connectivity index is 1.79. The molecule has 2 rings (SSSR count). The normalized spacial score (nSPS) is 19.4. The van der Waals surface area contributed by atoms with Gasteiger partial charge in [0.25, 0.3) is 0 Å².